The number of halogens is 1. The van der Waals surface area contributed by atoms with Crippen LogP contribution in [0.2, 0.25) is 0 Å². The van der Waals surface area contributed by atoms with Gasteiger partial charge in [-0.2, -0.15) is 0 Å². The highest BCUT2D eigenvalue weighted by atomic mass is 19.1. The van der Waals surface area contributed by atoms with Crippen LogP contribution in [0.15, 0.2) is 12.1 Å². The molecule has 0 spiro atoms. The normalized spacial score (nSPS) is 25.1. The van der Waals surface area contributed by atoms with Crippen LogP contribution in [0.5, 0.6) is 5.75 Å². The lowest BCUT2D eigenvalue weighted by Gasteiger charge is -2.13. The molecule has 1 nitrogen and oxygen atoms in total. The number of fused-ring (bicyclic) bond motifs is 1. The van der Waals surface area contributed by atoms with Crippen LogP contribution in [0.25, 0.3) is 0 Å². The molecule has 1 heterocycles. The molecule has 1 saturated carbocycles. The molecule has 0 bridgehead atoms. The number of hydrogen-bond donors (Lipinski definition) is 0. The summed E-state index contributed by atoms with van der Waals surface area (Å²) in [6, 6.07) is 3.82. The smallest absolute Gasteiger partial charge is 0.165 e. The van der Waals surface area contributed by atoms with Crippen LogP contribution in [0.1, 0.15) is 49.7 Å². The highest BCUT2D eigenvalue weighted by molar-refractivity contribution is 5.44. The summed E-state index contributed by atoms with van der Waals surface area (Å²) in [6.07, 6.45) is 2.60. The highest BCUT2D eigenvalue weighted by Gasteiger charge is 2.31. The Labute approximate surface area is 95.6 Å². The molecule has 1 aliphatic heterocycles. The second kappa shape index (κ2) is 3.47. The third kappa shape index (κ3) is 1.51. The quantitative estimate of drug-likeness (QED) is 0.736. The fourth-order valence-electron chi connectivity index (χ4n) is 2.58. The van der Waals surface area contributed by atoms with Gasteiger partial charge in [-0.15, -0.1) is 0 Å². The molecule has 2 unspecified atom stereocenters. The molecule has 1 aromatic rings. The predicted molar refractivity (Wildman–Crippen MR) is 61.4 cm³/mol. The lowest BCUT2D eigenvalue weighted by molar-refractivity contribution is 0.322. The van der Waals surface area contributed by atoms with Gasteiger partial charge in [0, 0.05) is 11.5 Å². The van der Waals surface area contributed by atoms with E-state index in [9.17, 15) is 4.39 Å². The number of hydrogen-bond acceptors (Lipinski definition) is 1. The Kier molecular flexibility index (Phi) is 2.20. The maximum atomic E-state index is 13.8. The molecule has 2 heteroatoms. The van der Waals surface area contributed by atoms with E-state index in [-0.39, 0.29) is 5.82 Å². The van der Waals surface area contributed by atoms with Gasteiger partial charge in [-0.1, -0.05) is 19.9 Å². The van der Waals surface area contributed by atoms with Gasteiger partial charge in [0.1, 0.15) is 0 Å². The van der Waals surface area contributed by atoms with E-state index < -0.39 is 0 Å². The van der Waals surface area contributed by atoms with Crippen LogP contribution in [0.4, 0.5) is 4.39 Å². The van der Waals surface area contributed by atoms with Crippen molar-refractivity contribution in [1.29, 1.82) is 0 Å². The Morgan fingerprint density at radius 1 is 1.38 bits per heavy atom. The van der Waals surface area contributed by atoms with Crippen molar-refractivity contribution in [3.63, 3.8) is 0 Å². The van der Waals surface area contributed by atoms with Gasteiger partial charge in [-0.05, 0) is 36.3 Å². The summed E-state index contributed by atoms with van der Waals surface area (Å²) in [6.45, 7) is 4.92. The Morgan fingerprint density at radius 2 is 2.12 bits per heavy atom. The van der Waals surface area contributed by atoms with E-state index in [0.717, 1.165) is 17.0 Å². The summed E-state index contributed by atoms with van der Waals surface area (Å²) in [7, 11) is 0. The topological polar surface area (TPSA) is 9.23 Å². The van der Waals surface area contributed by atoms with Gasteiger partial charge < -0.3 is 4.74 Å². The number of ether oxygens (including phenoxy) is 1. The first-order valence-corrected chi connectivity index (χ1v) is 6.13. The van der Waals surface area contributed by atoms with Gasteiger partial charge in [0.05, 0.1) is 6.61 Å². The molecular weight excluding hydrogens is 203 g/mol. The molecule has 16 heavy (non-hydrogen) atoms. The van der Waals surface area contributed by atoms with Crippen molar-refractivity contribution in [2.45, 2.75) is 38.5 Å². The largest absolute Gasteiger partial charge is 0.490 e. The zero-order chi connectivity index (χ0) is 11.3. The number of benzene rings is 1. The van der Waals surface area contributed by atoms with Gasteiger partial charge in [0.25, 0.3) is 0 Å². The van der Waals surface area contributed by atoms with Crippen molar-refractivity contribution < 1.29 is 9.13 Å². The first kappa shape index (κ1) is 10.1. The fourth-order valence-corrected chi connectivity index (χ4v) is 2.58. The Balaban J connectivity index is 2.01. The minimum absolute atomic E-state index is 0.177. The third-order valence-corrected chi connectivity index (χ3v) is 3.96. The summed E-state index contributed by atoms with van der Waals surface area (Å²) in [5, 5.41) is 0. The molecule has 2 atom stereocenters. The van der Waals surface area contributed by atoms with E-state index in [1.54, 1.807) is 6.07 Å². The maximum absolute atomic E-state index is 13.8. The first-order chi connectivity index (χ1) is 7.66. The van der Waals surface area contributed by atoms with Crippen molar-refractivity contribution in [2.24, 2.45) is 5.92 Å². The molecule has 1 aromatic carbocycles. The van der Waals surface area contributed by atoms with E-state index in [0.29, 0.717) is 24.2 Å². The molecule has 3 rings (SSSR count). The van der Waals surface area contributed by atoms with Crippen molar-refractivity contribution in [2.75, 3.05) is 6.61 Å². The summed E-state index contributed by atoms with van der Waals surface area (Å²) in [5.74, 6) is 1.90. The molecule has 0 aromatic heterocycles. The number of rotatable bonds is 2. The fraction of sp³-hybridized carbons (Fsp3) is 0.571. The maximum Gasteiger partial charge on any atom is 0.165 e. The van der Waals surface area contributed by atoms with Gasteiger partial charge in [-0.25, -0.2) is 4.39 Å². The van der Waals surface area contributed by atoms with Crippen molar-refractivity contribution in [1.82, 2.24) is 0 Å². The van der Waals surface area contributed by atoms with Gasteiger partial charge in [-0.3, -0.25) is 0 Å². The SMILES string of the molecule is CC1COc2c(F)cc(C(C)C3CC3)cc21. The van der Waals surface area contributed by atoms with Crippen LogP contribution in [-0.2, 0) is 0 Å². The minimum Gasteiger partial charge on any atom is -0.490 e. The predicted octanol–water partition coefficient (Wildman–Crippen LogP) is 3.84. The van der Waals surface area contributed by atoms with Crippen LogP contribution in [0, 0.1) is 11.7 Å². The van der Waals surface area contributed by atoms with Gasteiger partial charge in [0.2, 0.25) is 0 Å². The van der Waals surface area contributed by atoms with E-state index >= 15 is 0 Å². The van der Waals surface area contributed by atoms with Crippen LogP contribution >= 0.6 is 0 Å². The zero-order valence-electron chi connectivity index (χ0n) is 9.79. The van der Waals surface area contributed by atoms with Crippen LogP contribution in [0.3, 0.4) is 0 Å². The third-order valence-electron chi connectivity index (χ3n) is 3.96. The van der Waals surface area contributed by atoms with E-state index in [1.807, 2.05) is 0 Å². The summed E-state index contributed by atoms with van der Waals surface area (Å²) in [5.41, 5.74) is 2.21. The molecule has 2 aliphatic rings. The Hall–Kier alpha value is -1.05. The van der Waals surface area contributed by atoms with E-state index in [1.165, 1.54) is 12.8 Å². The van der Waals surface area contributed by atoms with Gasteiger partial charge >= 0.3 is 0 Å². The molecular formula is C14H17FO. The van der Waals surface area contributed by atoms with Crippen molar-refractivity contribution >= 4 is 0 Å². The second-order valence-corrected chi connectivity index (χ2v) is 5.26. The van der Waals surface area contributed by atoms with E-state index in [4.69, 9.17) is 4.74 Å². The molecule has 1 aliphatic carbocycles. The summed E-state index contributed by atoms with van der Waals surface area (Å²) < 4.78 is 19.2. The average Bonchev–Trinajstić information content (AvgIpc) is 3.04. The monoisotopic (exact) mass is 220 g/mol. The minimum atomic E-state index is -0.177. The second-order valence-electron chi connectivity index (χ2n) is 5.26. The highest BCUT2D eigenvalue weighted by Crippen LogP contribution is 2.45. The summed E-state index contributed by atoms with van der Waals surface area (Å²) in [4.78, 5) is 0. The van der Waals surface area contributed by atoms with Crippen molar-refractivity contribution in [3.05, 3.63) is 29.1 Å². The Bertz CT molecular complexity index is 423. The first-order valence-electron chi connectivity index (χ1n) is 6.13. The molecule has 0 radical (unpaired) electrons. The van der Waals surface area contributed by atoms with Crippen LogP contribution < -0.4 is 4.74 Å². The standard InChI is InChI=1S/C14H17FO/c1-8-7-16-14-12(8)5-11(6-13(14)15)9(2)10-3-4-10/h5-6,8-10H,3-4,7H2,1-2H3. The average molecular weight is 220 g/mol. The summed E-state index contributed by atoms with van der Waals surface area (Å²) >= 11 is 0. The molecule has 0 saturated heterocycles. The lowest BCUT2D eigenvalue weighted by Crippen LogP contribution is -1.98. The molecule has 0 N–H and O–H groups in total. The molecule has 86 valence electrons. The molecule has 0 amide bonds. The van der Waals surface area contributed by atoms with Gasteiger partial charge in [0.15, 0.2) is 11.6 Å². The lowest BCUT2D eigenvalue weighted by atomic mass is 9.92. The van der Waals surface area contributed by atoms with Crippen molar-refractivity contribution in [3.8, 4) is 5.75 Å². The van der Waals surface area contributed by atoms with E-state index in [2.05, 4.69) is 19.9 Å². The zero-order valence-corrected chi connectivity index (χ0v) is 9.79. The molecule has 1 fully saturated rings. The Morgan fingerprint density at radius 3 is 2.81 bits per heavy atom. The van der Waals surface area contributed by atoms with Crippen LogP contribution in [-0.4, -0.2) is 6.61 Å².